The number of aromatic nitrogens is 2. The highest BCUT2D eigenvalue weighted by molar-refractivity contribution is 6.05. The third kappa shape index (κ3) is 4.34. The van der Waals surface area contributed by atoms with Crippen LogP contribution in [0, 0.1) is 0 Å². The first-order valence-corrected chi connectivity index (χ1v) is 19.2. The second-order valence-corrected chi connectivity index (χ2v) is 14.8. The highest BCUT2D eigenvalue weighted by atomic mass is 16.3. The van der Waals surface area contributed by atoms with Crippen molar-refractivity contribution in [2.75, 3.05) is 0 Å². The Kier molecular flexibility index (Phi) is 6.55. The molecule has 0 N–H and O–H groups in total. The second-order valence-electron chi connectivity index (χ2n) is 14.8. The van der Waals surface area contributed by atoms with Gasteiger partial charge in [-0.05, 0) is 73.5 Å². The lowest BCUT2D eigenvalue weighted by atomic mass is 9.72. The van der Waals surface area contributed by atoms with Crippen LogP contribution in [0.1, 0.15) is 22.5 Å². The van der Waals surface area contributed by atoms with Gasteiger partial charge in [0, 0.05) is 27.6 Å². The summed E-state index contributed by atoms with van der Waals surface area (Å²) in [5.74, 6) is 1.72. The Labute approximate surface area is 324 Å². The van der Waals surface area contributed by atoms with Crippen LogP contribution in [-0.4, -0.2) is 9.97 Å². The molecule has 0 amide bonds. The number of para-hydroxylation sites is 1. The van der Waals surface area contributed by atoms with Crippen LogP contribution < -0.4 is 0 Å². The van der Waals surface area contributed by atoms with Crippen LogP contribution in [0.3, 0.4) is 0 Å². The molecule has 3 nitrogen and oxygen atoms in total. The molecule has 1 spiro atoms. The summed E-state index contributed by atoms with van der Waals surface area (Å²) in [6.07, 6.45) is 0. The lowest BCUT2D eigenvalue weighted by Gasteiger charge is -2.28. The van der Waals surface area contributed by atoms with E-state index in [-0.39, 0.29) is 0 Å². The van der Waals surface area contributed by atoms with Gasteiger partial charge < -0.3 is 4.42 Å². The lowest BCUT2D eigenvalue weighted by molar-refractivity contribution is 0.507. The van der Waals surface area contributed by atoms with Gasteiger partial charge >= 0.3 is 0 Å². The molecule has 0 unspecified atom stereocenters. The van der Waals surface area contributed by atoms with Gasteiger partial charge in [0.1, 0.15) is 16.8 Å². The molecule has 0 aliphatic heterocycles. The summed E-state index contributed by atoms with van der Waals surface area (Å²) in [4.78, 5) is 10.3. The van der Waals surface area contributed by atoms with Gasteiger partial charge in [-0.3, -0.25) is 0 Å². The van der Waals surface area contributed by atoms with Crippen LogP contribution >= 0.6 is 0 Å². The quantitative estimate of drug-likeness (QED) is 0.182. The molecule has 56 heavy (non-hydrogen) atoms. The zero-order valence-corrected chi connectivity index (χ0v) is 30.3. The maximum Gasteiger partial charge on any atom is 0.160 e. The summed E-state index contributed by atoms with van der Waals surface area (Å²) in [6.45, 7) is 0. The number of fused-ring (bicyclic) bond motifs is 13. The predicted octanol–water partition coefficient (Wildman–Crippen LogP) is 13.4. The number of hydrogen-bond acceptors (Lipinski definition) is 3. The topological polar surface area (TPSA) is 38.9 Å². The van der Waals surface area contributed by atoms with Gasteiger partial charge in [0.2, 0.25) is 0 Å². The average Bonchev–Trinajstić information content (AvgIpc) is 3.90. The van der Waals surface area contributed by atoms with Crippen molar-refractivity contribution in [3.8, 4) is 67.3 Å². The van der Waals surface area contributed by atoms with E-state index in [1.54, 1.807) is 0 Å². The molecule has 0 radical (unpaired) electrons. The van der Waals surface area contributed by atoms with Gasteiger partial charge in [-0.1, -0.05) is 176 Å². The van der Waals surface area contributed by atoms with Crippen molar-refractivity contribution in [1.29, 1.82) is 0 Å². The average molecular weight is 713 g/mol. The first-order valence-electron chi connectivity index (χ1n) is 19.2. The van der Waals surface area contributed by atoms with Crippen LogP contribution in [-0.2, 0) is 5.41 Å². The minimum absolute atomic E-state index is 0.556. The van der Waals surface area contributed by atoms with Crippen molar-refractivity contribution in [3.63, 3.8) is 0 Å². The molecule has 2 aliphatic carbocycles. The minimum atomic E-state index is -0.556. The first kappa shape index (κ1) is 31.0. The van der Waals surface area contributed by atoms with E-state index in [1.165, 1.54) is 49.7 Å². The fraction of sp³-hybridized carbons (Fsp3) is 0.0189. The van der Waals surface area contributed by atoms with Gasteiger partial charge in [-0.2, -0.15) is 0 Å². The normalized spacial score (nSPS) is 13.1. The van der Waals surface area contributed by atoms with Gasteiger partial charge in [0.15, 0.2) is 5.82 Å². The Hall–Kier alpha value is -7.36. The first-order chi connectivity index (χ1) is 27.8. The van der Waals surface area contributed by atoms with Crippen LogP contribution in [0.15, 0.2) is 199 Å². The summed E-state index contributed by atoms with van der Waals surface area (Å²) in [5.41, 5.74) is 16.3. The predicted molar refractivity (Wildman–Crippen MR) is 227 cm³/mol. The molecule has 260 valence electrons. The summed E-state index contributed by atoms with van der Waals surface area (Å²) >= 11 is 0. The van der Waals surface area contributed by atoms with Crippen LogP contribution in [0.25, 0.3) is 89.0 Å². The maximum absolute atomic E-state index is 6.95. The van der Waals surface area contributed by atoms with Crippen LogP contribution in [0.2, 0.25) is 0 Å². The number of hydrogen-bond donors (Lipinski definition) is 0. The second kappa shape index (κ2) is 11.8. The van der Waals surface area contributed by atoms with Crippen LogP contribution in [0.5, 0.6) is 0 Å². The van der Waals surface area contributed by atoms with E-state index >= 15 is 0 Å². The molecule has 0 fully saturated rings. The van der Waals surface area contributed by atoms with E-state index in [4.69, 9.17) is 14.4 Å². The molecule has 2 heterocycles. The molecule has 3 heteroatoms. The molecule has 0 saturated heterocycles. The number of rotatable bonds is 4. The third-order valence-corrected chi connectivity index (χ3v) is 11.9. The molecule has 10 aromatic rings. The van der Waals surface area contributed by atoms with Gasteiger partial charge in [0.05, 0.1) is 11.4 Å². The van der Waals surface area contributed by atoms with Gasteiger partial charge in [0.25, 0.3) is 0 Å². The third-order valence-electron chi connectivity index (χ3n) is 11.9. The SMILES string of the molecule is c1ccc(-c2nc(-c3ccc(-c4ccc5c(c4)C4(c6ccccc6-c6ccccc64)c4oc6ccccc6c4-5)cc3)cc(-c3cccc4ccccc34)n2)cc1. The molecule has 8 aromatic carbocycles. The number of benzene rings is 8. The van der Waals surface area contributed by atoms with Gasteiger partial charge in [-0.15, -0.1) is 0 Å². The van der Waals surface area contributed by atoms with E-state index in [0.717, 1.165) is 55.9 Å². The fourth-order valence-corrected chi connectivity index (χ4v) is 9.45. The Bertz CT molecular complexity index is 3140. The number of furan rings is 1. The fourth-order valence-electron chi connectivity index (χ4n) is 9.45. The molecular weight excluding hydrogens is 681 g/mol. The molecule has 0 bridgehead atoms. The maximum atomic E-state index is 6.95. The van der Waals surface area contributed by atoms with Crippen molar-refractivity contribution >= 4 is 21.7 Å². The van der Waals surface area contributed by atoms with Gasteiger partial charge in [-0.25, -0.2) is 9.97 Å². The molecule has 0 saturated carbocycles. The van der Waals surface area contributed by atoms with E-state index in [2.05, 4.69) is 176 Å². The van der Waals surface area contributed by atoms with E-state index in [0.29, 0.717) is 5.82 Å². The van der Waals surface area contributed by atoms with Crippen molar-refractivity contribution in [2.24, 2.45) is 0 Å². The van der Waals surface area contributed by atoms with E-state index in [1.807, 2.05) is 18.2 Å². The summed E-state index contributed by atoms with van der Waals surface area (Å²) < 4.78 is 6.95. The van der Waals surface area contributed by atoms with Crippen molar-refractivity contribution < 1.29 is 4.42 Å². The number of nitrogens with zero attached hydrogens (tertiary/aromatic N) is 2. The molecule has 0 atom stereocenters. The molecule has 12 rings (SSSR count). The van der Waals surface area contributed by atoms with Crippen molar-refractivity contribution in [3.05, 3.63) is 217 Å². The van der Waals surface area contributed by atoms with Crippen LogP contribution in [0.4, 0.5) is 0 Å². The van der Waals surface area contributed by atoms with E-state index in [9.17, 15) is 0 Å². The summed E-state index contributed by atoms with van der Waals surface area (Å²) in [5, 5.41) is 3.51. The molecular formula is C53H32N2O. The highest BCUT2D eigenvalue weighted by Gasteiger charge is 2.55. The summed E-state index contributed by atoms with van der Waals surface area (Å²) in [7, 11) is 0. The standard InChI is InChI=1S/C53H32N2O/c1-2-14-36(15-3-1)52-54-47(32-48(55-52)41-21-12-16-34-13-4-5-17-38(34)41)35-27-25-33(26-28-35)37-29-30-42-46(31-37)53(51-50(42)43-20-8-11-24-49(43)56-51)44-22-9-6-18-39(44)40-19-7-10-23-45(40)53/h1-32H. The zero-order chi connectivity index (χ0) is 36.8. The van der Waals surface area contributed by atoms with Crippen molar-refractivity contribution in [2.45, 2.75) is 5.41 Å². The highest BCUT2D eigenvalue weighted by Crippen LogP contribution is 2.64. The van der Waals surface area contributed by atoms with Crippen molar-refractivity contribution in [1.82, 2.24) is 9.97 Å². The minimum Gasteiger partial charge on any atom is -0.459 e. The zero-order valence-electron chi connectivity index (χ0n) is 30.3. The Balaban J connectivity index is 1.01. The Morgan fingerprint density at radius 1 is 0.375 bits per heavy atom. The largest absolute Gasteiger partial charge is 0.459 e. The summed E-state index contributed by atoms with van der Waals surface area (Å²) in [6, 6.07) is 69.3. The smallest absolute Gasteiger partial charge is 0.160 e. The Morgan fingerprint density at radius 3 is 1.79 bits per heavy atom. The monoisotopic (exact) mass is 712 g/mol. The Morgan fingerprint density at radius 2 is 0.982 bits per heavy atom. The molecule has 2 aromatic heterocycles. The van der Waals surface area contributed by atoms with E-state index < -0.39 is 5.41 Å². The lowest BCUT2D eigenvalue weighted by Crippen LogP contribution is -2.25. The molecule has 2 aliphatic rings.